The number of aromatic nitrogens is 1. The molecular formula is C27H33F3N6O4S. The number of piperazine rings is 1. The first kappa shape index (κ1) is 29.1. The van der Waals surface area contributed by atoms with Gasteiger partial charge in [-0.15, -0.1) is 0 Å². The van der Waals surface area contributed by atoms with Gasteiger partial charge in [-0.3, -0.25) is 4.79 Å². The van der Waals surface area contributed by atoms with E-state index in [1.165, 1.54) is 4.90 Å². The number of pyridine rings is 1. The number of alkyl halides is 3. The van der Waals surface area contributed by atoms with Crippen LogP contribution in [0.25, 0.3) is 0 Å². The van der Waals surface area contributed by atoms with Crippen LogP contribution in [-0.2, 0) is 21.2 Å². The third kappa shape index (κ3) is 4.90. The molecule has 10 nitrogen and oxygen atoms in total. The van der Waals surface area contributed by atoms with Crippen molar-refractivity contribution in [2.75, 3.05) is 61.0 Å². The zero-order chi connectivity index (χ0) is 29.7. The number of benzene rings is 1. The van der Waals surface area contributed by atoms with Gasteiger partial charge in [0.2, 0.25) is 0 Å². The highest BCUT2D eigenvalue weighted by atomic mass is 32.2. The molecule has 0 bridgehead atoms. The van der Waals surface area contributed by atoms with Crippen molar-refractivity contribution in [3.05, 3.63) is 42.1 Å². The van der Waals surface area contributed by atoms with Gasteiger partial charge in [0.1, 0.15) is 5.54 Å². The van der Waals surface area contributed by atoms with Crippen LogP contribution in [-0.4, -0.2) is 92.5 Å². The number of amides is 3. The predicted octanol–water partition coefficient (Wildman–Crippen LogP) is 3.47. The summed E-state index contributed by atoms with van der Waals surface area (Å²) in [5.41, 5.74) is -4.71. The number of carbonyl (C=O) groups is 2. The van der Waals surface area contributed by atoms with E-state index in [0.717, 1.165) is 72.4 Å². The van der Waals surface area contributed by atoms with E-state index in [2.05, 4.69) is 21.7 Å². The average molecular weight is 595 g/mol. The van der Waals surface area contributed by atoms with E-state index in [4.69, 9.17) is 4.98 Å². The minimum absolute atomic E-state index is 0.0201. The van der Waals surface area contributed by atoms with Crippen molar-refractivity contribution in [3.8, 4) is 0 Å². The van der Waals surface area contributed by atoms with Gasteiger partial charge >= 0.3 is 11.5 Å². The number of imide groups is 1. The molecule has 1 aromatic carbocycles. The number of nitrogens with zero attached hydrogens (tertiary/aromatic N) is 6. The van der Waals surface area contributed by atoms with Gasteiger partial charge in [0.25, 0.3) is 15.7 Å². The summed E-state index contributed by atoms with van der Waals surface area (Å²) in [6.07, 6.45) is 2.65. The van der Waals surface area contributed by atoms with Gasteiger partial charge in [-0.2, -0.15) is 13.2 Å². The number of anilines is 3. The van der Waals surface area contributed by atoms with Crippen molar-refractivity contribution in [1.82, 2.24) is 14.8 Å². The second kappa shape index (κ2) is 10.5. The van der Waals surface area contributed by atoms with Crippen LogP contribution >= 0.6 is 0 Å². The first-order valence-corrected chi connectivity index (χ1v) is 15.1. The molecule has 0 unspecified atom stereocenters. The van der Waals surface area contributed by atoms with Crippen LogP contribution in [0.1, 0.15) is 32.3 Å². The summed E-state index contributed by atoms with van der Waals surface area (Å²) in [7, 11) is -3.48. The smallest absolute Gasteiger partial charge is 0.369 e. The van der Waals surface area contributed by atoms with Gasteiger partial charge in [0, 0.05) is 51.0 Å². The molecule has 0 N–H and O–H groups in total. The van der Waals surface area contributed by atoms with Crippen LogP contribution in [0, 0.1) is 0 Å². The van der Waals surface area contributed by atoms with Gasteiger partial charge < -0.3 is 19.6 Å². The zero-order valence-corrected chi connectivity index (χ0v) is 24.0. The lowest BCUT2D eigenvalue weighted by atomic mass is 10.1. The highest BCUT2D eigenvalue weighted by Gasteiger charge is 2.65. The maximum absolute atomic E-state index is 13.7. The number of rotatable bonds is 8. The molecule has 5 rings (SSSR count). The van der Waals surface area contributed by atoms with Gasteiger partial charge in [0.15, 0.2) is 5.82 Å². The summed E-state index contributed by atoms with van der Waals surface area (Å²) in [6.45, 7) is 9.07. The first-order valence-electron chi connectivity index (χ1n) is 13.6. The highest BCUT2D eigenvalue weighted by Crippen LogP contribution is 2.50. The van der Waals surface area contributed by atoms with E-state index in [1.807, 2.05) is 19.9 Å². The fraction of sp³-hybridized carbons (Fsp3) is 0.519. The fourth-order valence-electron chi connectivity index (χ4n) is 5.58. The van der Waals surface area contributed by atoms with Gasteiger partial charge in [-0.1, -0.05) is 0 Å². The van der Waals surface area contributed by atoms with E-state index in [-0.39, 0.29) is 12.2 Å². The summed E-state index contributed by atoms with van der Waals surface area (Å²) in [5, 5.41) is 0. The third-order valence-corrected chi connectivity index (χ3v) is 9.68. The van der Waals surface area contributed by atoms with E-state index >= 15 is 0 Å². The van der Waals surface area contributed by atoms with Crippen molar-refractivity contribution in [2.24, 2.45) is 0 Å². The van der Waals surface area contributed by atoms with Crippen molar-refractivity contribution in [3.63, 3.8) is 0 Å². The molecule has 3 fully saturated rings. The molecule has 2 aliphatic heterocycles. The molecule has 3 aliphatic rings. The lowest BCUT2D eigenvalue weighted by Gasteiger charge is -2.37. The van der Waals surface area contributed by atoms with Crippen LogP contribution in [0.2, 0.25) is 0 Å². The number of hydrogen-bond donors (Lipinski definition) is 0. The SMILES string of the molecule is CCN(CC)c1c(CN2C(=O)N(c3ccc(S(=O)(=O)C(F)(F)F)cc3)C(=O)C23CC3)ccnc1N1CCN(C)CC1. The molecule has 0 atom stereocenters. The van der Waals surface area contributed by atoms with E-state index in [1.54, 1.807) is 6.20 Å². The summed E-state index contributed by atoms with van der Waals surface area (Å²) >= 11 is 0. The van der Waals surface area contributed by atoms with Gasteiger partial charge in [-0.25, -0.2) is 23.1 Å². The number of hydrogen-bond acceptors (Lipinski definition) is 8. The topological polar surface area (TPSA) is 97.4 Å². The molecule has 2 aromatic rings. The lowest BCUT2D eigenvalue weighted by Crippen LogP contribution is -2.45. The maximum atomic E-state index is 13.7. The number of likely N-dealkylation sites (N-methyl/N-ethyl adjacent to an activating group) is 1. The first-order chi connectivity index (χ1) is 19.4. The summed E-state index contributed by atoms with van der Waals surface area (Å²) in [6, 6.07) is 4.93. The molecule has 1 saturated carbocycles. The minimum Gasteiger partial charge on any atom is -0.369 e. The van der Waals surface area contributed by atoms with Crippen LogP contribution in [0.15, 0.2) is 41.4 Å². The molecule has 222 valence electrons. The Morgan fingerprint density at radius 1 is 0.976 bits per heavy atom. The molecular weight excluding hydrogens is 561 g/mol. The Morgan fingerprint density at radius 3 is 2.12 bits per heavy atom. The molecule has 3 amide bonds. The largest absolute Gasteiger partial charge is 0.501 e. The predicted molar refractivity (Wildman–Crippen MR) is 148 cm³/mol. The third-order valence-electron chi connectivity index (χ3n) is 8.17. The van der Waals surface area contributed by atoms with Gasteiger partial charge in [0.05, 0.1) is 22.8 Å². The Morgan fingerprint density at radius 2 is 1.59 bits per heavy atom. The number of urea groups is 1. The molecule has 3 heterocycles. The van der Waals surface area contributed by atoms with E-state index in [0.29, 0.717) is 25.9 Å². The number of carbonyl (C=O) groups excluding carboxylic acids is 2. The maximum Gasteiger partial charge on any atom is 0.501 e. The van der Waals surface area contributed by atoms with Crippen LogP contribution < -0.4 is 14.7 Å². The standard InChI is InChI=1S/C27H33F3N6O4S/c1-4-33(5-2)22-19(10-13-31-23(22)34-16-14-32(3)15-17-34)18-35-25(38)36(24(37)26(35)11-12-26)20-6-8-21(9-7-20)41(39,40)27(28,29)30/h6-10,13H,4-5,11-12,14-18H2,1-3H3. The molecule has 1 spiro atoms. The van der Waals surface area contributed by atoms with Crippen molar-refractivity contribution in [2.45, 2.75) is 49.2 Å². The molecule has 14 heteroatoms. The zero-order valence-electron chi connectivity index (χ0n) is 23.2. The molecule has 1 aliphatic carbocycles. The Kier molecular flexibility index (Phi) is 7.43. The quantitative estimate of drug-likeness (QED) is 0.429. The Bertz CT molecular complexity index is 1430. The van der Waals surface area contributed by atoms with Crippen molar-refractivity contribution < 1.29 is 31.2 Å². The second-order valence-corrected chi connectivity index (χ2v) is 12.5. The lowest BCUT2D eigenvalue weighted by molar-refractivity contribution is -0.120. The Labute approximate surface area is 237 Å². The monoisotopic (exact) mass is 594 g/mol. The highest BCUT2D eigenvalue weighted by molar-refractivity contribution is 7.92. The molecule has 41 heavy (non-hydrogen) atoms. The number of halogens is 3. The normalized spacial score (nSPS) is 19.4. The van der Waals surface area contributed by atoms with Crippen LogP contribution in [0.4, 0.5) is 35.2 Å². The van der Waals surface area contributed by atoms with Crippen LogP contribution in [0.5, 0.6) is 0 Å². The van der Waals surface area contributed by atoms with Gasteiger partial charge in [-0.05, 0) is 64.1 Å². The molecule has 1 aromatic heterocycles. The molecule has 0 radical (unpaired) electrons. The van der Waals surface area contributed by atoms with Crippen LogP contribution in [0.3, 0.4) is 0 Å². The van der Waals surface area contributed by atoms with Crippen molar-refractivity contribution >= 4 is 39.0 Å². The summed E-state index contributed by atoms with van der Waals surface area (Å²) in [5.74, 6) is 0.368. The van der Waals surface area contributed by atoms with E-state index in [9.17, 15) is 31.2 Å². The number of sulfone groups is 1. The fourth-order valence-corrected chi connectivity index (χ4v) is 6.35. The average Bonchev–Trinajstić information content (AvgIpc) is 3.71. The molecule has 2 saturated heterocycles. The Balaban J connectivity index is 1.48. The van der Waals surface area contributed by atoms with Crippen molar-refractivity contribution in [1.29, 1.82) is 0 Å². The summed E-state index contributed by atoms with van der Waals surface area (Å²) < 4.78 is 62.5. The second-order valence-electron chi connectivity index (χ2n) is 10.6. The minimum atomic E-state index is -5.56. The Hall–Kier alpha value is -3.39. The summed E-state index contributed by atoms with van der Waals surface area (Å²) in [4.78, 5) is 40.2. The van der Waals surface area contributed by atoms with E-state index < -0.39 is 37.7 Å².